The Hall–Kier alpha value is -1.32. The van der Waals surface area contributed by atoms with E-state index >= 15 is 0 Å². The maximum atomic E-state index is 12.6. The summed E-state index contributed by atoms with van der Waals surface area (Å²) in [4.78, 5) is 24.4. The molecule has 1 saturated carbocycles. The lowest BCUT2D eigenvalue weighted by Crippen LogP contribution is -2.48. The Morgan fingerprint density at radius 1 is 1.33 bits per heavy atom. The van der Waals surface area contributed by atoms with Crippen LogP contribution in [-0.2, 0) is 9.59 Å². The molecule has 0 heterocycles. The molecule has 1 aliphatic carbocycles. The van der Waals surface area contributed by atoms with Crippen molar-refractivity contribution in [3.8, 4) is 0 Å². The first-order valence-electron chi connectivity index (χ1n) is 7.97. The van der Waals surface area contributed by atoms with Crippen LogP contribution >= 0.6 is 0 Å². The second-order valence-electron chi connectivity index (χ2n) is 7.25. The second-order valence-corrected chi connectivity index (χ2v) is 7.25. The van der Waals surface area contributed by atoms with Gasteiger partial charge >= 0.3 is 0 Å². The summed E-state index contributed by atoms with van der Waals surface area (Å²) in [5.41, 5.74) is 5.27. The van der Waals surface area contributed by atoms with E-state index in [1.54, 1.807) is 6.08 Å². The monoisotopic (exact) mass is 294 g/mol. The molecule has 4 heteroatoms. The minimum Gasteiger partial charge on any atom is -0.369 e. The highest BCUT2D eigenvalue weighted by atomic mass is 16.2. The average Bonchev–Trinajstić information content (AvgIpc) is 2.28. The van der Waals surface area contributed by atoms with Crippen LogP contribution in [0.5, 0.6) is 0 Å². The minimum atomic E-state index is -0.397. The fourth-order valence-electron chi connectivity index (χ4n) is 2.84. The van der Waals surface area contributed by atoms with Crippen molar-refractivity contribution >= 4 is 11.8 Å². The van der Waals surface area contributed by atoms with E-state index in [0.717, 1.165) is 19.3 Å². The molecule has 2 atom stereocenters. The molecule has 0 aromatic rings. The quantitative estimate of drug-likeness (QED) is 0.676. The Kier molecular flexibility index (Phi) is 6.43. The van der Waals surface area contributed by atoms with Crippen LogP contribution in [-0.4, -0.2) is 17.4 Å². The zero-order chi connectivity index (χ0) is 16.0. The smallest absolute Gasteiger partial charge is 0.224 e. The van der Waals surface area contributed by atoms with Crippen LogP contribution in [0.1, 0.15) is 59.3 Å². The Bertz CT molecular complexity index is 381. The first kappa shape index (κ1) is 17.7. The summed E-state index contributed by atoms with van der Waals surface area (Å²) in [5.74, 6) is -0.559. The Morgan fingerprint density at radius 2 is 1.95 bits per heavy atom. The van der Waals surface area contributed by atoms with Gasteiger partial charge in [-0.1, -0.05) is 25.3 Å². The number of nitrogens with one attached hydrogen (secondary N) is 1. The Balaban J connectivity index is 2.83. The van der Waals surface area contributed by atoms with Crippen molar-refractivity contribution in [3.63, 3.8) is 0 Å². The van der Waals surface area contributed by atoms with Crippen molar-refractivity contribution in [3.05, 3.63) is 12.7 Å². The Labute approximate surface area is 128 Å². The van der Waals surface area contributed by atoms with Crippen molar-refractivity contribution in [1.29, 1.82) is 0 Å². The third-order valence-corrected chi connectivity index (χ3v) is 4.18. The zero-order valence-corrected chi connectivity index (χ0v) is 13.7. The van der Waals surface area contributed by atoms with Crippen molar-refractivity contribution < 1.29 is 9.59 Å². The highest BCUT2D eigenvalue weighted by Crippen LogP contribution is 2.36. The van der Waals surface area contributed by atoms with E-state index in [1.807, 2.05) is 20.8 Å². The van der Waals surface area contributed by atoms with E-state index in [4.69, 9.17) is 5.73 Å². The maximum absolute atomic E-state index is 12.6. The van der Waals surface area contributed by atoms with E-state index in [9.17, 15) is 9.59 Å². The molecular formula is C17H30N2O2. The minimum absolute atomic E-state index is 0.0396. The predicted octanol–water partition coefficient (Wildman–Crippen LogP) is 2.78. The van der Waals surface area contributed by atoms with Gasteiger partial charge in [-0.05, 0) is 46.0 Å². The largest absolute Gasteiger partial charge is 0.369 e. The molecule has 0 aromatic heterocycles. The number of rotatable bonds is 8. The van der Waals surface area contributed by atoms with Gasteiger partial charge < -0.3 is 11.1 Å². The summed E-state index contributed by atoms with van der Waals surface area (Å²) in [7, 11) is 0. The molecule has 21 heavy (non-hydrogen) atoms. The fourth-order valence-corrected chi connectivity index (χ4v) is 2.84. The highest BCUT2D eigenvalue weighted by molar-refractivity contribution is 5.87. The van der Waals surface area contributed by atoms with Crippen molar-refractivity contribution in [2.45, 2.75) is 64.8 Å². The molecule has 4 nitrogen and oxygen atoms in total. The second kappa shape index (κ2) is 7.62. The first-order valence-corrected chi connectivity index (χ1v) is 7.97. The molecule has 0 aliphatic heterocycles. The molecular weight excluding hydrogens is 264 g/mol. The molecule has 0 aromatic carbocycles. The third-order valence-electron chi connectivity index (χ3n) is 4.18. The molecule has 2 amide bonds. The predicted molar refractivity (Wildman–Crippen MR) is 85.5 cm³/mol. The molecule has 0 radical (unpaired) electrons. The van der Waals surface area contributed by atoms with E-state index in [-0.39, 0.29) is 23.3 Å². The van der Waals surface area contributed by atoms with Crippen molar-refractivity contribution in [2.24, 2.45) is 23.5 Å². The van der Waals surface area contributed by atoms with Crippen LogP contribution in [0.15, 0.2) is 12.7 Å². The van der Waals surface area contributed by atoms with E-state index in [0.29, 0.717) is 18.8 Å². The van der Waals surface area contributed by atoms with Crippen LogP contribution in [0.4, 0.5) is 0 Å². The lowest BCUT2D eigenvalue weighted by atomic mass is 9.73. The first-order chi connectivity index (χ1) is 9.74. The number of allylic oxidation sites excluding steroid dienone is 1. The SMILES string of the molecule is C=CCCC(C(N)=O)C(CC1CCC1)C(=O)NC(C)(C)C. The molecule has 0 spiro atoms. The van der Waals surface area contributed by atoms with Gasteiger partial charge in [-0.15, -0.1) is 6.58 Å². The summed E-state index contributed by atoms with van der Waals surface area (Å²) >= 11 is 0. The number of hydrogen-bond acceptors (Lipinski definition) is 2. The molecule has 0 bridgehead atoms. The highest BCUT2D eigenvalue weighted by Gasteiger charge is 2.36. The van der Waals surface area contributed by atoms with Crippen LogP contribution in [0.3, 0.4) is 0 Å². The molecule has 1 aliphatic rings. The molecule has 2 unspecified atom stereocenters. The lowest BCUT2D eigenvalue weighted by molar-refractivity contribution is -0.135. The van der Waals surface area contributed by atoms with Gasteiger partial charge in [0.2, 0.25) is 11.8 Å². The van der Waals surface area contributed by atoms with E-state index in [2.05, 4.69) is 11.9 Å². The number of carbonyl (C=O) groups is 2. The normalized spacial score (nSPS) is 18.4. The number of carbonyl (C=O) groups excluding carboxylic acids is 2. The number of primary amides is 1. The number of amides is 2. The standard InChI is InChI=1S/C17H30N2O2/c1-5-6-10-13(15(18)20)14(11-12-8-7-9-12)16(21)19-17(2,3)4/h5,12-14H,1,6-11H2,2-4H3,(H2,18,20)(H,19,21). The Morgan fingerprint density at radius 3 is 2.33 bits per heavy atom. The summed E-state index contributed by atoms with van der Waals surface area (Å²) in [6.07, 6.45) is 7.40. The van der Waals surface area contributed by atoms with Gasteiger partial charge in [-0.2, -0.15) is 0 Å². The maximum Gasteiger partial charge on any atom is 0.224 e. The van der Waals surface area contributed by atoms with Gasteiger partial charge in [0, 0.05) is 17.4 Å². The zero-order valence-electron chi connectivity index (χ0n) is 13.7. The van der Waals surface area contributed by atoms with Crippen LogP contribution < -0.4 is 11.1 Å². The van der Waals surface area contributed by atoms with Gasteiger partial charge in [0.15, 0.2) is 0 Å². The number of hydrogen-bond donors (Lipinski definition) is 2. The van der Waals surface area contributed by atoms with Gasteiger partial charge in [0.1, 0.15) is 0 Å². The van der Waals surface area contributed by atoms with Gasteiger partial charge in [-0.25, -0.2) is 0 Å². The fraction of sp³-hybridized carbons (Fsp3) is 0.765. The number of nitrogens with two attached hydrogens (primary N) is 1. The topological polar surface area (TPSA) is 72.2 Å². The molecule has 1 fully saturated rings. The molecule has 120 valence electrons. The van der Waals surface area contributed by atoms with Gasteiger partial charge in [0.05, 0.1) is 0 Å². The van der Waals surface area contributed by atoms with Crippen LogP contribution in [0.25, 0.3) is 0 Å². The van der Waals surface area contributed by atoms with Gasteiger partial charge in [-0.3, -0.25) is 9.59 Å². The van der Waals surface area contributed by atoms with Crippen molar-refractivity contribution in [2.75, 3.05) is 0 Å². The van der Waals surface area contributed by atoms with Gasteiger partial charge in [0.25, 0.3) is 0 Å². The molecule has 3 N–H and O–H groups in total. The lowest BCUT2D eigenvalue weighted by Gasteiger charge is -2.34. The van der Waals surface area contributed by atoms with E-state index in [1.165, 1.54) is 6.42 Å². The van der Waals surface area contributed by atoms with E-state index < -0.39 is 5.92 Å². The molecule has 0 saturated heterocycles. The average molecular weight is 294 g/mol. The third kappa shape index (κ3) is 5.90. The molecule has 1 rings (SSSR count). The van der Waals surface area contributed by atoms with Crippen LogP contribution in [0.2, 0.25) is 0 Å². The summed E-state index contributed by atoms with van der Waals surface area (Å²) < 4.78 is 0. The van der Waals surface area contributed by atoms with Crippen LogP contribution in [0, 0.1) is 17.8 Å². The van der Waals surface area contributed by atoms with Crippen molar-refractivity contribution in [1.82, 2.24) is 5.32 Å². The summed E-state index contributed by atoms with van der Waals surface area (Å²) in [6.45, 7) is 9.55. The summed E-state index contributed by atoms with van der Waals surface area (Å²) in [6, 6.07) is 0. The summed E-state index contributed by atoms with van der Waals surface area (Å²) in [5, 5.41) is 3.01.